The van der Waals surface area contributed by atoms with Gasteiger partial charge in [0.25, 0.3) is 11.6 Å². The van der Waals surface area contributed by atoms with Gasteiger partial charge in [-0.25, -0.2) is 0 Å². The third-order valence-corrected chi connectivity index (χ3v) is 2.57. The number of nitro groups is 1. The molecule has 0 aliphatic rings. The Kier molecular flexibility index (Phi) is 4.11. The van der Waals surface area contributed by atoms with Crippen molar-refractivity contribution in [3.63, 3.8) is 0 Å². The molecule has 1 heterocycles. The van der Waals surface area contributed by atoms with E-state index in [-0.39, 0.29) is 16.9 Å². The predicted octanol–water partition coefficient (Wildman–Crippen LogP) is 2.73. The van der Waals surface area contributed by atoms with Crippen LogP contribution in [0, 0.1) is 21.4 Å². The van der Waals surface area contributed by atoms with Gasteiger partial charge in [-0.3, -0.25) is 14.9 Å². The summed E-state index contributed by atoms with van der Waals surface area (Å²) in [6.45, 7) is 0. The Morgan fingerprint density at radius 1 is 1.38 bits per heavy atom. The number of para-hydroxylation sites is 2. The lowest BCUT2D eigenvalue weighted by atomic mass is 10.2. The number of rotatable bonds is 4. The highest BCUT2D eigenvalue weighted by molar-refractivity contribution is 6.10. The van der Waals surface area contributed by atoms with Gasteiger partial charge < -0.3 is 9.73 Å². The third-order valence-electron chi connectivity index (χ3n) is 2.57. The molecule has 0 radical (unpaired) electrons. The summed E-state index contributed by atoms with van der Waals surface area (Å²) in [7, 11) is 0. The Labute approximate surface area is 119 Å². The molecule has 104 valence electrons. The monoisotopic (exact) mass is 283 g/mol. The SMILES string of the molecule is N#CC(=Cc1ccoc1)C(=O)Nc1ccccc1[N+](=O)[O-]. The van der Waals surface area contributed by atoms with E-state index in [4.69, 9.17) is 9.68 Å². The second-order valence-electron chi connectivity index (χ2n) is 3.95. The summed E-state index contributed by atoms with van der Waals surface area (Å²) >= 11 is 0. The molecule has 7 heteroatoms. The minimum absolute atomic E-state index is 0.0286. The van der Waals surface area contributed by atoms with Crippen LogP contribution in [0.5, 0.6) is 0 Å². The summed E-state index contributed by atoms with van der Waals surface area (Å²) in [5.74, 6) is -0.729. The van der Waals surface area contributed by atoms with E-state index in [0.717, 1.165) is 0 Å². The van der Waals surface area contributed by atoms with Gasteiger partial charge in [-0.1, -0.05) is 12.1 Å². The van der Waals surface area contributed by atoms with E-state index < -0.39 is 10.8 Å². The first-order valence-electron chi connectivity index (χ1n) is 5.80. The number of amides is 1. The number of benzene rings is 1. The number of nitro benzene ring substituents is 1. The molecule has 0 fully saturated rings. The van der Waals surface area contributed by atoms with Crippen molar-refractivity contribution in [3.8, 4) is 6.07 Å². The summed E-state index contributed by atoms with van der Waals surface area (Å²) in [5, 5.41) is 22.2. The summed E-state index contributed by atoms with van der Waals surface area (Å²) in [4.78, 5) is 22.2. The number of carbonyl (C=O) groups is 1. The average molecular weight is 283 g/mol. The highest BCUT2D eigenvalue weighted by Crippen LogP contribution is 2.23. The number of nitriles is 1. The van der Waals surface area contributed by atoms with Crippen LogP contribution in [0.4, 0.5) is 11.4 Å². The van der Waals surface area contributed by atoms with E-state index in [0.29, 0.717) is 5.56 Å². The van der Waals surface area contributed by atoms with Gasteiger partial charge in [0, 0.05) is 11.6 Å². The summed E-state index contributed by atoms with van der Waals surface area (Å²) < 4.78 is 4.83. The normalized spacial score (nSPS) is 10.7. The number of furan rings is 1. The highest BCUT2D eigenvalue weighted by atomic mass is 16.6. The van der Waals surface area contributed by atoms with Crippen LogP contribution in [-0.2, 0) is 4.79 Å². The van der Waals surface area contributed by atoms with Gasteiger partial charge >= 0.3 is 0 Å². The number of anilines is 1. The van der Waals surface area contributed by atoms with Gasteiger partial charge in [-0.15, -0.1) is 0 Å². The molecule has 2 rings (SSSR count). The van der Waals surface area contributed by atoms with E-state index in [9.17, 15) is 14.9 Å². The zero-order valence-electron chi connectivity index (χ0n) is 10.6. The Balaban J connectivity index is 2.25. The molecule has 2 aromatic rings. The van der Waals surface area contributed by atoms with E-state index in [1.807, 2.05) is 0 Å². The molecule has 1 aromatic heterocycles. The summed E-state index contributed by atoms with van der Waals surface area (Å²) in [6, 6.07) is 9.02. The minimum Gasteiger partial charge on any atom is -0.472 e. The number of hydrogen-bond donors (Lipinski definition) is 1. The Hall–Kier alpha value is -3.40. The molecule has 1 N–H and O–H groups in total. The first-order chi connectivity index (χ1) is 10.1. The van der Waals surface area contributed by atoms with Gasteiger partial charge in [0.1, 0.15) is 17.3 Å². The molecule has 21 heavy (non-hydrogen) atoms. The van der Waals surface area contributed by atoms with Crippen molar-refractivity contribution < 1.29 is 14.1 Å². The fourth-order valence-electron chi connectivity index (χ4n) is 1.60. The van der Waals surface area contributed by atoms with Gasteiger partial charge in [-0.2, -0.15) is 5.26 Å². The summed E-state index contributed by atoms with van der Waals surface area (Å²) in [6.07, 6.45) is 4.10. The fraction of sp³-hybridized carbons (Fsp3) is 0. The number of nitrogens with zero attached hydrogens (tertiary/aromatic N) is 2. The fourth-order valence-corrected chi connectivity index (χ4v) is 1.60. The van der Waals surface area contributed by atoms with Gasteiger partial charge in [-0.05, 0) is 18.2 Å². The zero-order valence-corrected chi connectivity index (χ0v) is 10.6. The quantitative estimate of drug-likeness (QED) is 0.401. The predicted molar refractivity (Wildman–Crippen MR) is 74.0 cm³/mol. The van der Waals surface area contributed by atoms with Gasteiger partial charge in [0.05, 0.1) is 17.4 Å². The number of carbonyl (C=O) groups excluding carboxylic acids is 1. The summed E-state index contributed by atoms with van der Waals surface area (Å²) in [5.41, 5.74) is 0.145. The topological polar surface area (TPSA) is 109 Å². The Bertz CT molecular complexity index is 742. The molecule has 1 amide bonds. The van der Waals surface area contributed by atoms with Crippen molar-refractivity contribution in [2.45, 2.75) is 0 Å². The zero-order chi connectivity index (χ0) is 15.2. The maximum atomic E-state index is 12.0. The highest BCUT2D eigenvalue weighted by Gasteiger charge is 2.17. The molecular weight excluding hydrogens is 274 g/mol. The molecule has 0 aliphatic carbocycles. The molecule has 0 spiro atoms. The van der Waals surface area contributed by atoms with Crippen molar-refractivity contribution in [2.75, 3.05) is 5.32 Å². The first-order valence-corrected chi connectivity index (χ1v) is 5.80. The molecule has 0 atom stereocenters. The molecule has 0 saturated heterocycles. The van der Waals surface area contributed by atoms with Crippen LogP contribution in [0.15, 0.2) is 52.8 Å². The standard InChI is InChI=1S/C14H9N3O4/c15-8-11(7-10-5-6-21-9-10)14(18)16-12-3-1-2-4-13(12)17(19)20/h1-7,9H,(H,16,18). The van der Waals surface area contributed by atoms with E-state index in [2.05, 4.69) is 5.32 Å². The lowest BCUT2D eigenvalue weighted by Crippen LogP contribution is -2.14. The van der Waals surface area contributed by atoms with Crippen molar-refractivity contribution in [1.82, 2.24) is 0 Å². The largest absolute Gasteiger partial charge is 0.472 e. The Morgan fingerprint density at radius 3 is 2.76 bits per heavy atom. The van der Waals surface area contributed by atoms with Crippen LogP contribution >= 0.6 is 0 Å². The van der Waals surface area contributed by atoms with Crippen molar-refractivity contribution in [3.05, 3.63) is 64.1 Å². The molecule has 0 aliphatic heterocycles. The number of hydrogen-bond acceptors (Lipinski definition) is 5. The lowest BCUT2D eigenvalue weighted by molar-refractivity contribution is -0.383. The van der Waals surface area contributed by atoms with E-state index in [1.165, 1.54) is 36.8 Å². The van der Waals surface area contributed by atoms with Gasteiger partial charge in [0.2, 0.25) is 0 Å². The van der Waals surface area contributed by atoms with Crippen LogP contribution in [0.2, 0.25) is 0 Å². The smallest absolute Gasteiger partial charge is 0.292 e. The minimum atomic E-state index is -0.729. The molecule has 0 unspecified atom stereocenters. The maximum absolute atomic E-state index is 12.0. The van der Waals surface area contributed by atoms with Crippen LogP contribution in [0.3, 0.4) is 0 Å². The average Bonchev–Trinajstić information content (AvgIpc) is 2.98. The van der Waals surface area contributed by atoms with E-state index >= 15 is 0 Å². The number of nitrogens with one attached hydrogen (secondary N) is 1. The molecule has 0 saturated carbocycles. The molecule has 0 bridgehead atoms. The Morgan fingerprint density at radius 2 is 2.14 bits per heavy atom. The first kappa shape index (κ1) is 14.0. The molecule has 7 nitrogen and oxygen atoms in total. The van der Waals surface area contributed by atoms with Crippen molar-refractivity contribution >= 4 is 23.4 Å². The second kappa shape index (κ2) is 6.16. The van der Waals surface area contributed by atoms with Crippen LogP contribution in [0.25, 0.3) is 6.08 Å². The van der Waals surface area contributed by atoms with Crippen molar-refractivity contribution in [2.24, 2.45) is 0 Å². The van der Waals surface area contributed by atoms with Crippen LogP contribution in [0.1, 0.15) is 5.56 Å². The van der Waals surface area contributed by atoms with Crippen molar-refractivity contribution in [1.29, 1.82) is 5.26 Å². The molecular formula is C14H9N3O4. The van der Waals surface area contributed by atoms with Gasteiger partial charge in [0.15, 0.2) is 0 Å². The van der Waals surface area contributed by atoms with E-state index in [1.54, 1.807) is 18.2 Å². The second-order valence-corrected chi connectivity index (χ2v) is 3.95. The van der Waals surface area contributed by atoms with Crippen LogP contribution < -0.4 is 5.32 Å². The third kappa shape index (κ3) is 3.33. The molecule has 1 aromatic carbocycles. The maximum Gasteiger partial charge on any atom is 0.292 e. The lowest BCUT2D eigenvalue weighted by Gasteiger charge is -2.04. The van der Waals surface area contributed by atoms with Crippen LogP contribution in [-0.4, -0.2) is 10.8 Å².